The van der Waals surface area contributed by atoms with E-state index in [9.17, 15) is 0 Å². The Morgan fingerprint density at radius 3 is 2.40 bits per heavy atom. The molecule has 0 amide bonds. The second kappa shape index (κ2) is 5.91. The number of anilines is 1. The van der Waals surface area contributed by atoms with Crippen LogP contribution in [0.15, 0.2) is 12.4 Å². The van der Waals surface area contributed by atoms with E-state index in [1.165, 1.54) is 6.42 Å². The van der Waals surface area contributed by atoms with E-state index in [0.717, 1.165) is 19.0 Å². The van der Waals surface area contributed by atoms with E-state index in [1.54, 1.807) is 12.4 Å². The third-order valence-electron chi connectivity index (χ3n) is 2.50. The highest BCUT2D eigenvalue weighted by Crippen LogP contribution is 2.13. The highest BCUT2D eigenvalue weighted by Gasteiger charge is 2.10. The molecule has 1 aromatic heterocycles. The Morgan fingerprint density at radius 2 is 1.93 bits per heavy atom. The molecule has 0 bridgehead atoms. The largest absolute Gasteiger partial charge is 0.341 e. The Kier molecular flexibility index (Phi) is 4.82. The average Bonchev–Trinajstić information content (AvgIpc) is 2.27. The van der Waals surface area contributed by atoms with Gasteiger partial charge < -0.3 is 4.90 Å². The number of rotatable bonds is 5. The van der Waals surface area contributed by atoms with Crippen LogP contribution in [-0.4, -0.2) is 23.1 Å². The van der Waals surface area contributed by atoms with E-state index in [1.807, 2.05) is 0 Å². The molecule has 0 spiro atoms. The quantitative estimate of drug-likeness (QED) is 0.775. The van der Waals surface area contributed by atoms with Crippen LogP contribution in [0.1, 0.15) is 27.2 Å². The van der Waals surface area contributed by atoms with Crippen molar-refractivity contribution in [2.75, 3.05) is 18.0 Å². The van der Waals surface area contributed by atoms with E-state index in [-0.39, 0.29) is 0 Å². The first-order chi connectivity index (χ1) is 7.17. The fourth-order valence-electron chi connectivity index (χ4n) is 1.33. The van der Waals surface area contributed by atoms with Crippen molar-refractivity contribution in [2.24, 2.45) is 5.92 Å². The SMILES string of the molecule is CCC(C)CN(CC)c1ncc(Cl)cn1. The Labute approximate surface area is 96.5 Å². The second-order valence-corrected chi connectivity index (χ2v) is 4.19. The molecule has 15 heavy (non-hydrogen) atoms. The standard InChI is InChI=1S/C11H18ClN3/c1-4-9(3)8-15(5-2)11-13-6-10(12)7-14-11/h6-7,9H,4-5,8H2,1-3H3. The summed E-state index contributed by atoms with van der Waals surface area (Å²) < 4.78 is 0. The molecule has 0 N–H and O–H groups in total. The molecular weight excluding hydrogens is 210 g/mol. The second-order valence-electron chi connectivity index (χ2n) is 3.75. The van der Waals surface area contributed by atoms with E-state index >= 15 is 0 Å². The molecule has 1 unspecified atom stereocenters. The molecule has 84 valence electrons. The van der Waals surface area contributed by atoms with Gasteiger partial charge >= 0.3 is 0 Å². The van der Waals surface area contributed by atoms with Crippen LogP contribution < -0.4 is 4.90 Å². The summed E-state index contributed by atoms with van der Waals surface area (Å²) in [6.07, 6.45) is 4.45. The van der Waals surface area contributed by atoms with Crippen LogP contribution in [0.2, 0.25) is 5.02 Å². The monoisotopic (exact) mass is 227 g/mol. The fraction of sp³-hybridized carbons (Fsp3) is 0.636. The normalized spacial score (nSPS) is 12.5. The Bertz CT molecular complexity index is 286. The van der Waals surface area contributed by atoms with Gasteiger partial charge in [-0.1, -0.05) is 31.9 Å². The van der Waals surface area contributed by atoms with Crippen molar-refractivity contribution in [1.82, 2.24) is 9.97 Å². The molecule has 0 aromatic carbocycles. The summed E-state index contributed by atoms with van der Waals surface area (Å²) in [5, 5.41) is 0.582. The highest BCUT2D eigenvalue weighted by atomic mass is 35.5. The van der Waals surface area contributed by atoms with Crippen molar-refractivity contribution in [3.8, 4) is 0 Å². The molecule has 1 atom stereocenters. The summed E-state index contributed by atoms with van der Waals surface area (Å²) in [7, 11) is 0. The molecule has 4 heteroatoms. The number of aromatic nitrogens is 2. The van der Waals surface area contributed by atoms with Crippen LogP contribution in [0, 0.1) is 5.92 Å². The van der Waals surface area contributed by atoms with Crippen molar-refractivity contribution >= 4 is 17.5 Å². The topological polar surface area (TPSA) is 29.0 Å². The van der Waals surface area contributed by atoms with Gasteiger partial charge in [0.15, 0.2) is 0 Å². The molecular formula is C11H18ClN3. The van der Waals surface area contributed by atoms with Gasteiger partial charge in [-0.15, -0.1) is 0 Å². The van der Waals surface area contributed by atoms with Gasteiger partial charge in [-0.3, -0.25) is 0 Å². The summed E-state index contributed by atoms with van der Waals surface area (Å²) in [5.41, 5.74) is 0. The van der Waals surface area contributed by atoms with E-state index in [2.05, 4.69) is 35.6 Å². The van der Waals surface area contributed by atoms with Crippen molar-refractivity contribution in [3.05, 3.63) is 17.4 Å². The number of nitrogens with zero attached hydrogens (tertiary/aromatic N) is 3. The van der Waals surface area contributed by atoms with Gasteiger partial charge in [-0.25, -0.2) is 9.97 Å². The van der Waals surface area contributed by atoms with Crippen molar-refractivity contribution in [3.63, 3.8) is 0 Å². The Morgan fingerprint density at radius 1 is 1.33 bits per heavy atom. The molecule has 0 aliphatic carbocycles. The predicted molar refractivity (Wildman–Crippen MR) is 64.4 cm³/mol. The minimum atomic E-state index is 0.582. The molecule has 1 aromatic rings. The van der Waals surface area contributed by atoms with Gasteiger partial charge in [-0.05, 0) is 12.8 Å². The predicted octanol–water partition coefficient (Wildman–Crippen LogP) is 3.00. The lowest BCUT2D eigenvalue weighted by Gasteiger charge is -2.23. The van der Waals surface area contributed by atoms with Crippen LogP contribution in [0.4, 0.5) is 5.95 Å². The zero-order valence-electron chi connectivity index (χ0n) is 9.57. The van der Waals surface area contributed by atoms with Crippen molar-refractivity contribution in [1.29, 1.82) is 0 Å². The maximum Gasteiger partial charge on any atom is 0.225 e. The minimum absolute atomic E-state index is 0.582. The van der Waals surface area contributed by atoms with Crippen LogP contribution in [0.25, 0.3) is 0 Å². The zero-order valence-corrected chi connectivity index (χ0v) is 10.3. The summed E-state index contributed by atoms with van der Waals surface area (Å²) >= 11 is 5.75. The molecule has 0 saturated heterocycles. The highest BCUT2D eigenvalue weighted by molar-refractivity contribution is 6.30. The van der Waals surface area contributed by atoms with Crippen molar-refractivity contribution in [2.45, 2.75) is 27.2 Å². The lowest BCUT2D eigenvalue weighted by molar-refractivity contribution is 0.542. The maximum atomic E-state index is 5.75. The molecule has 0 aliphatic rings. The molecule has 0 aliphatic heterocycles. The van der Waals surface area contributed by atoms with Gasteiger partial charge in [-0.2, -0.15) is 0 Å². The maximum absolute atomic E-state index is 5.75. The van der Waals surface area contributed by atoms with Crippen molar-refractivity contribution < 1.29 is 0 Å². The molecule has 0 fully saturated rings. The van der Waals surface area contributed by atoms with Crippen LogP contribution in [0.3, 0.4) is 0 Å². The smallest absolute Gasteiger partial charge is 0.225 e. The van der Waals surface area contributed by atoms with Gasteiger partial charge in [0.1, 0.15) is 0 Å². The van der Waals surface area contributed by atoms with Gasteiger partial charge in [0.25, 0.3) is 0 Å². The van der Waals surface area contributed by atoms with E-state index in [4.69, 9.17) is 11.6 Å². The number of halogens is 1. The van der Waals surface area contributed by atoms with Crippen LogP contribution in [-0.2, 0) is 0 Å². The Balaban J connectivity index is 2.69. The third kappa shape index (κ3) is 3.67. The summed E-state index contributed by atoms with van der Waals surface area (Å²) in [6.45, 7) is 8.46. The molecule has 0 saturated carbocycles. The lowest BCUT2D eigenvalue weighted by atomic mass is 10.1. The van der Waals surface area contributed by atoms with Gasteiger partial charge in [0.05, 0.1) is 17.4 Å². The molecule has 0 radical (unpaired) electrons. The molecule has 1 heterocycles. The van der Waals surface area contributed by atoms with Crippen LogP contribution in [0.5, 0.6) is 0 Å². The summed E-state index contributed by atoms with van der Waals surface area (Å²) in [4.78, 5) is 10.6. The fourth-order valence-corrected chi connectivity index (χ4v) is 1.42. The number of hydrogen-bond acceptors (Lipinski definition) is 3. The lowest BCUT2D eigenvalue weighted by Crippen LogP contribution is -2.29. The average molecular weight is 228 g/mol. The molecule has 1 rings (SSSR count). The zero-order chi connectivity index (χ0) is 11.3. The summed E-state index contributed by atoms with van der Waals surface area (Å²) in [6, 6.07) is 0. The summed E-state index contributed by atoms with van der Waals surface area (Å²) in [5.74, 6) is 1.42. The minimum Gasteiger partial charge on any atom is -0.341 e. The first-order valence-electron chi connectivity index (χ1n) is 5.39. The van der Waals surface area contributed by atoms with E-state index in [0.29, 0.717) is 10.9 Å². The van der Waals surface area contributed by atoms with Gasteiger partial charge in [0, 0.05) is 13.1 Å². The number of hydrogen-bond donors (Lipinski definition) is 0. The first-order valence-corrected chi connectivity index (χ1v) is 5.77. The van der Waals surface area contributed by atoms with Gasteiger partial charge in [0.2, 0.25) is 5.95 Å². The van der Waals surface area contributed by atoms with Crippen LogP contribution >= 0.6 is 11.6 Å². The Hall–Kier alpha value is -0.830. The third-order valence-corrected chi connectivity index (χ3v) is 2.70. The van der Waals surface area contributed by atoms with E-state index < -0.39 is 0 Å². The first kappa shape index (κ1) is 12.2. The molecule has 3 nitrogen and oxygen atoms in total.